The van der Waals surface area contributed by atoms with Crippen molar-refractivity contribution in [2.24, 2.45) is 14.1 Å². The molecule has 0 atom stereocenters. The molecule has 2 aromatic rings. The van der Waals surface area contributed by atoms with Gasteiger partial charge < -0.3 is 4.57 Å². The molecular weight excluding hydrogens is 298 g/mol. The van der Waals surface area contributed by atoms with E-state index in [-0.39, 0.29) is 11.2 Å². The van der Waals surface area contributed by atoms with Gasteiger partial charge in [-0.15, -0.1) is 0 Å². The van der Waals surface area contributed by atoms with Crippen LogP contribution in [0.1, 0.15) is 26.2 Å². The highest BCUT2D eigenvalue weighted by Gasteiger charge is 2.13. The highest BCUT2D eigenvalue weighted by molar-refractivity contribution is 5.69. The maximum absolute atomic E-state index is 12.2. The summed E-state index contributed by atoms with van der Waals surface area (Å²) in [6.45, 7) is 2.55. The van der Waals surface area contributed by atoms with Gasteiger partial charge in [-0.25, -0.2) is 15.1 Å². The molecule has 0 saturated heterocycles. The van der Waals surface area contributed by atoms with Gasteiger partial charge in [-0.1, -0.05) is 19.8 Å². The molecule has 0 radical (unpaired) electrons. The Morgan fingerprint density at radius 3 is 2.39 bits per heavy atom. The van der Waals surface area contributed by atoms with Crippen LogP contribution >= 0.6 is 0 Å². The Morgan fingerprint density at radius 2 is 1.87 bits per heavy atom. The van der Waals surface area contributed by atoms with Crippen LogP contribution in [0.3, 0.4) is 0 Å². The maximum Gasteiger partial charge on any atom is 0.332 e. The van der Waals surface area contributed by atoms with Gasteiger partial charge in [0.2, 0.25) is 0 Å². The van der Waals surface area contributed by atoms with Gasteiger partial charge in [0.25, 0.3) is 5.56 Å². The summed E-state index contributed by atoms with van der Waals surface area (Å²) in [5.74, 6) is 0. The molecule has 2 heterocycles. The Balaban J connectivity index is 0.000000463. The van der Waals surface area contributed by atoms with E-state index < -0.39 is 0 Å². The highest BCUT2D eigenvalue weighted by Crippen LogP contribution is 2.03. The van der Waals surface area contributed by atoms with Crippen LogP contribution in [0.2, 0.25) is 0 Å². The summed E-state index contributed by atoms with van der Waals surface area (Å²) in [6, 6.07) is 0. The van der Waals surface area contributed by atoms with Crippen LogP contribution in [-0.4, -0.2) is 18.7 Å². The first-order chi connectivity index (χ1) is 11.0. The van der Waals surface area contributed by atoms with E-state index in [2.05, 4.69) is 11.9 Å². The average Bonchev–Trinajstić information content (AvgIpc) is 2.92. The van der Waals surface area contributed by atoms with Crippen LogP contribution in [0.4, 0.5) is 0 Å². The topological polar surface area (TPSA) is 121 Å². The molecular formula is C14H19N7O2. The smallest absolute Gasteiger partial charge is 0.320 e. The summed E-state index contributed by atoms with van der Waals surface area (Å²) in [7, 11) is 3.44. The lowest BCUT2D eigenvalue weighted by atomic mass is 10.2. The zero-order valence-electron chi connectivity index (χ0n) is 13.4. The first kappa shape index (κ1) is 18.0. The molecule has 1 N–H and O–H groups in total. The maximum atomic E-state index is 12.2. The molecule has 0 bridgehead atoms. The lowest BCUT2D eigenvalue weighted by Crippen LogP contribution is -2.39. The molecule has 2 aromatic heterocycles. The minimum absolute atomic E-state index is 0.271. The van der Waals surface area contributed by atoms with Crippen LogP contribution in [0.25, 0.3) is 11.2 Å². The second kappa shape index (κ2) is 8.39. The van der Waals surface area contributed by atoms with Crippen LogP contribution in [0.15, 0.2) is 15.9 Å². The van der Waals surface area contributed by atoms with Gasteiger partial charge in [0.1, 0.15) is 5.65 Å². The molecule has 0 fully saturated rings. The second-order valence-electron chi connectivity index (χ2n) is 4.88. The second-order valence-corrected chi connectivity index (χ2v) is 4.88. The van der Waals surface area contributed by atoms with Gasteiger partial charge in [0, 0.05) is 20.6 Å². The molecule has 0 aromatic carbocycles. The Kier molecular flexibility index (Phi) is 6.56. The van der Waals surface area contributed by atoms with Crippen molar-refractivity contribution in [1.29, 1.82) is 10.5 Å². The quantitative estimate of drug-likeness (QED) is 0.487. The number of rotatable bonds is 4. The predicted molar refractivity (Wildman–Crippen MR) is 84.1 cm³/mol. The molecule has 122 valence electrons. The molecule has 0 spiro atoms. The van der Waals surface area contributed by atoms with Gasteiger partial charge in [-0.2, -0.15) is 10.5 Å². The fourth-order valence-corrected chi connectivity index (χ4v) is 2.20. The first-order valence-corrected chi connectivity index (χ1v) is 7.13. The molecule has 9 nitrogen and oxygen atoms in total. The fraction of sp³-hybridized carbons (Fsp3) is 0.500. The third kappa shape index (κ3) is 3.98. The van der Waals surface area contributed by atoms with E-state index in [1.165, 1.54) is 21.5 Å². The van der Waals surface area contributed by atoms with E-state index in [4.69, 9.17) is 10.5 Å². The largest absolute Gasteiger partial charge is 0.332 e. The minimum Gasteiger partial charge on any atom is -0.320 e. The average molecular weight is 317 g/mol. The summed E-state index contributed by atoms with van der Waals surface area (Å²) in [6.07, 6.45) is 7.27. The number of imidazole rings is 1. The van der Waals surface area contributed by atoms with E-state index in [9.17, 15) is 9.59 Å². The molecule has 0 unspecified atom stereocenters. The normalized spacial score (nSPS) is 9.61. The van der Waals surface area contributed by atoms with Crippen LogP contribution in [0.5, 0.6) is 0 Å². The summed E-state index contributed by atoms with van der Waals surface area (Å²) >= 11 is 0. The van der Waals surface area contributed by atoms with Crippen molar-refractivity contribution in [1.82, 2.24) is 24.0 Å². The SMILES string of the molecule is CCCCCn1c(=O)c2ncn(C)c2n(C)c1=O.N#CNC#N. The van der Waals surface area contributed by atoms with Crippen LogP contribution < -0.4 is 16.6 Å². The summed E-state index contributed by atoms with van der Waals surface area (Å²) < 4.78 is 4.45. The third-order valence-corrected chi connectivity index (χ3v) is 3.29. The van der Waals surface area contributed by atoms with Gasteiger partial charge >= 0.3 is 5.69 Å². The fourth-order valence-electron chi connectivity index (χ4n) is 2.20. The predicted octanol–water partition coefficient (Wildman–Crippen LogP) is 0.162. The zero-order chi connectivity index (χ0) is 17.4. The lowest BCUT2D eigenvalue weighted by Gasteiger charge is -2.08. The minimum atomic E-state index is -0.287. The number of fused-ring (bicyclic) bond motifs is 1. The van der Waals surface area contributed by atoms with E-state index in [0.29, 0.717) is 17.7 Å². The number of unbranched alkanes of at least 4 members (excludes halogenated alkanes) is 2. The van der Waals surface area contributed by atoms with Crippen molar-refractivity contribution in [3.05, 3.63) is 27.2 Å². The number of hydrogen-bond donors (Lipinski definition) is 1. The lowest BCUT2D eigenvalue weighted by molar-refractivity contribution is 0.549. The summed E-state index contributed by atoms with van der Waals surface area (Å²) in [5, 5.41) is 16.7. The molecule has 0 aliphatic heterocycles. The Bertz CT molecular complexity index is 849. The Labute approximate surface area is 133 Å². The monoisotopic (exact) mass is 317 g/mol. The number of nitrogens with one attached hydrogen (secondary N) is 1. The molecule has 0 saturated carbocycles. The summed E-state index contributed by atoms with van der Waals surface area (Å²) in [4.78, 5) is 28.4. The van der Waals surface area contributed by atoms with Crippen molar-refractivity contribution in [3.8, 4) is 12.4 Å². The number of nitriles is 2. The molecule has 0 amide bonds. The van der Waals surface area contributed by atoms with E-state index in [1.54, 1.807) is 30.3 Å². The summed E-state index contributed by atoms with van der Waals surface area (Å²) in [5.41, 5.74) is 0.366. The van der Waals surface area contributed by atoms with Gasteiger partial charge in [0.15, 0.2) is 17.9 Å². The van der Waals surface area contributed by atoms with E-state index in [0.717, 1.165) is 19.3 Å². The standard InChI is InChI=1S/C12H18N4O2.C2HN3/c1-4-5-6-7-16-11(17)9-10(14(2)8-13-9)15(3)12(16)18;3-1-5-2-4/h8H,4-7H2,1-3H3;5H. The van der Waals surface area contributed by atoms with Crippen molar-refractivity contribution in [2.45, 2.75) is 32.7 Å². The van der Waals surface area contributed by atoms with Crippen molar-refractivity contribution >= 4 is 11.2 Å². The number of nitrogens with zero attached hydrogens (tertiary/aromatic N) is 6. The number of aromatic nitrogens is 4. The van der Waals surface area contributed by atoms with Gasteiger partial charge in [-0.05, 0) is 6.42 Å². The Hall–Kier alpha value is -3.07. The number of hydrogen-bond acceptors (Lipinski definition) is 6. The first-order valence-electron chi connectivity index (χ1n) is 7.13. The molecule has 9 heteroatoms. The highest BCUT2D eigenvalue weighted by atomic mass is 16.2. The van der Waals surface area contributed by atoms with Crippen molar-refractivity contribution in [3.63, 3.8) is 0 Å². The van der Waals surface area contributed by atoms with Crippen LogP contribution in [-0.2, 0) is 20.6 Å². The van der Waals surface area contributed by atoms with Gasteiger partial charge in [0.05, 0.1) is 6.33 Å². The Morgan fingerprint density at radius 1 is 1.22 bits per heavy atom. The third-order valence-electron chi connectivity index (χ3n) is 3.29. The van der Waals surface area contributed by atoms with Gasteiger partial charge in [-0.3, -0.25) is 13.9 Å². The van der Waals surface area contributed by atoms with Crippen molar-refractivity contribution < 1.29 is 0 Å². The van der Waals surface area contributed by atoms with Crippen LogP contribution in [0, 0.1) is 22.9 Å². The zero-order valence-corrected chi connectivity index (χ0v) is 13.4. The van der Waals surface area contributed by atoms with E-state index >= 15 is 0 Å². The number of aryl methyl sites for hydroxylation is 2. The molecule has 2 rings (SSSR count). The van der Waals surface area contributed by atoms with E-state index in [1.807, 2.05) is 0 Å². The molecule has 0 aliphatic rings. The van der Waals surface area contributed by atoms with Crippen molar-refractivity contribution in [2.75, 3.05) is 0 Å². The molecule has 0 aliphatic carbocycles. The molecule has 23 heavy (non-hydrogen) atoms.